The number of benzene rings is 2. The number of aromatic nitrogens is 3. The van der Waals surface area contributed by atoms with Crippen LogP contribution >= 0.6 is 23.4 Å². The van der Waals surface area contributed by atoms with Gasteiger partial charge in [0.2, 0.25) is 5.91 Å². The van der Waals surface area contributed by atoms with E-state index in [-0.39, 0.29) is 11.7 Å². The van der Waals surface area contributed by atoms with Crippen LogP contribution < -0.4 is 5.32 Å². The highest BCUT2D eigenvalue weighted by molar-refractivity contribution is 7.99. The second-order valence-corrected chi connectivity index (χ2v) is 7.30. The molecule has 0 aliphatic carbocycles. The molecule has 134 valence electrons. The fourth-order valence-corrected chi connectivity index (χ4v) is 3.46. The zero-order valence-electron chi connectivity index (χ0n) is 14.8. The predicted molar refractivity (Wildman–Crippen MR) is 106 cm³/mol. The Bertz CT molecular complexity index is 954. The molecule has 0 fully saturated rings. The lowest BCUT2D eigenvalue weighted by Gasteiger charge is -2.11. The van der Waals surface area contributed by atoms with Crippen LogP contribution in [0.1, 0.15) is 17.0 Å². The van der Waals surface area contributed by atoms with Crippen LogP contribution in [0.15, 0.2) is 47.6 Å². The SMILES string of the molecule is Cc1ccc(-n2c(C)nnc2SCC(=O)Nc2ccccc2Cl)cc1C. The Kier molecular flexibility index (Phi) is 5.64. The molecule has 1 N–H and O–H groups in total. The number of para-hydroxylation sites is 1. The highest BCUT2D eigenvalue weighted by Gasteiger charge is 2.14. The van der Waals surface area contributed by atoms with Crippen LogP contribution in [0, 0.1) is 20.8 Å². The maximum absolute atomic E-state index is 12.2. The van der Waals surface area contributed by atoms with E-state index in [2.05, 4.69) is 41.5 Å². The van der Waals surface area contributed by atoms with Gasteiger partial charge < -0.3 is 5.32 Å². The van der Waals surface area contributed by atoms with E-state index in [0.29, 0.717) is 15.9 Å². The van der Waals surface area contributed by atoms with Crippen LogP contribution in [0.3, 0.4) is 0 Å². The number of nitrogens with one attached hydrogen (secondary N) is 1. The van der Waals surface area contributed by atoms with Gasteiger partial charge in [0.1, 0.15) is 5.82 Å². The minimum Gasteiger partial charge on any atom is -0.324 e. The van der Waals surface area contributed by atoms with Gasteiger partial charge in [0.05, 0.1) is 16.5 Å². The summed E-state index contributed by atoms with van der Waals surface area (Å²) in [5.41, 5.74) is 4.02. The molecule has 0 spiro atoms. The molecule has 0 saturated carbocycles. The number of rotatable bonds is 5. The predicted octanol–water partition coefficient (Wildman–Crippen LogP) is 4.58. The summed E-state index contributed by atoms with van der Waals surface area (Å²) in [6.45, 7) is 6.05. The topological polar surface area (TPSA) is 59.8 Å². The Morgan fingerprint density at radius 3 is 2.62 bits per heavy atom. The van der Waals surface area contributed by atoms with E-state index in [1.54, 1.807) is 12.1 Å². The molecule has 3 aromatic rings. The molecule has 0 aliphatic heterocycles. The van der Waals surface area contributed by atoms with Crippen molar-refractivity contribution < 1.29 is 4.79 Å². The van der Waals surface area contributed by atoms with Crippen molar-refractivity contribution in [3.05, 3.63) is 64.4 Å². The summed E-state index contributed by atoms with van der Waals surface area (Å²) in [5, 5.41) is 12.4. The largest absolute Gasteiger partial charge is 0.324 e. The lowest BCUT2D eigenvalue weighted by molar-refractivity contribution is -0.113. The standard InChI is InChI=1S/C19H19ClN4OS/c1-12-8-9-15(10-13(12)2)24-14(3)22-23-19(24)26-11-18(25)21-17-7-5-4-6-16(17)20/h4-10H,11H2,1-3H3,(H,21,25). The first-order valence-corrected chi connectivity index (χ1v) is 9.49. The van der Waals surface area contributed by atoms with Crippen LogP contribution in [0.4, 0.5) is 5.69 Å². The number of thioether (sulfide) groups is 1. The van der Waals surface area contributed by atoms with E-state index < -0.39 is 0 Å². The van der Waals surface area contributed by atoms with Crippen molar-refractivity contribution in [1.82, 2.24) is 14.8 Å². The summed E-state index contributed by atoms with van der Waals surface area (Å²) in [6.07, 6.45) is 0. The Morgan fingerprint density at radius 1 is 1.12 bits per heavy atom. The van der Waals surface area contributed by atoms with Gasteiger partial charge in [0, 0.05) is 5.69 Å². The van der Waals surface area contributed by atoms with Crippen LogP contribution in [0.25, 0.3) is 5.69 Å². The number of hydrogen-bond donors (Lipinski definition) is 1. The van der Waals surface area contributed by atoms with Crippen molar-refractivity contribution in [2.45, 2.75) is 25.9 Å². The Labute approximate surface area is 161 Å². The molecule has 0 aliphatic rings. The lowest BCUT2D eigenvalue weighted by atomic mass is 10.1. The van der Waals surface area contributed by atoms with Gasteiger partial charge >= 0.3 is 0 Å². The molecular formula is C19H19ClN4OS. The molecular weight excluding hydrogens is 368 g/mol. The summed E-state index contributed by atoms with van der Waals surface area (Å²) >= 11 is 7.41. The molecule has 1 amide bonds. The highest BCUT2D eigenvalue weighted by Crippen LogP contribution is 2.24. The molecule has 26 heavy (non-hydrogen) atoms. The van der Waals surface area contributed by atoms with Crippen molar-refractivity contribution in [2.24, 2.45) is 0 Å². The fourth-order valence-electron chi connectivity index (χ4n) is 2.48. The zero-order valence-corrected chi connectivity index (χ0v) is 16.4. The summed E-state index contributed by atoms with van der Waals surface area (Å²) < 4.78 is 1.96. The quantitative estimate of drug-likeness (QED) is 0.652. The summed E-state index contributed by atoms with van der Waals surface area (Å²) in [6, 6.07) is 13.4. The molecule has 0 unspecified atom stereocenters. The van der Waals surface area contributed by atoms with Crippen molar-refractivity contribution in [3.63, 3.8) is 0 Å². The molecule has 7 heteroatoms. The molecule has 0 bridgehead atoms. The molecule has 5 nitrogen and oxygen atoms in total. The molecule has 0 radical (unpaired) electrons. The van der Waals surface area contributed by atoms with Gasteiger partial charge in [-0.15, -0.1) is 10.2 Å². The van der Waals surface area contributed by atoms with E-state index >= 15 is 0 Å². The highest BCUT2D eigenvalue weighted by atomic mass is 35.5. The minimum absolute atomic E-state index is 0.143. The minimum atomic E-state index is -0.143. The van der Waals surface area contributed by atoms with Crippen LogP contribution in [-0.2, 0) is 4.79 Å². The van der Waals surface area contributed by atoms with E-state index in [1.807, 2.05) is 29.7 Å². The van der Waals surface area contributed by atoms with Gasteiger partial charge in [0.25, 0.3) is 0 Å². The Balaban J connectivity index is 1.74. The summed E-state index contributed by atoms with van der Waals surface area (Å²) in [5.74, 6) is 0.853. The van der Waals surface area contributed by atoms with Crippen molar-refractivity contribution in [2.75, 3.05) is 11.1 Å². The normalized spacial score (nSPS) is 10.8. The maximum atomic E-state index is 12.2. The van der Waals surface area contributed by atoms with Gasteiger partial charge in [0.15, 0.2) is 5.16 Å². The number of halogens is 1. The monoisotopic (exact) mass is 386 g/mol. The lowest BCUT2D eigenvalue weighted by Crippen LogP contribution is -2.14. The first-order valence-electron chi connectivity index (χ1n) is 8.12. The maximum Gasteiger partial charge on any atom is 0.234 e. The van der Waals surface area contributed by atoms with Gasteiger partial charge in [-0.1, -0.05) is 41.6 Å². The van der Waals surface area contributed by atoms with E-state index in [9.17, 15) is 4.79 Å². The molecule has 0 atom stereocenters. The zero-order chi connectivity index (χ0) is 18.7. The molecule has 2 aromatic carbocycles. The number of aryl methyl sites for hydroxylation is 3. The second kappa shape index (κ2) is 7.93. The molecule has 0 saturated heterocycles. The average Bonchev–Trinajstić information content (AvgIpc) is 2.98. The second-order valence-electron chi connectivity index (χ2n) is 5.95. The first kappa shape index (κ1) is 18.5. The van der Waals surface area contributed by atoms with Crippen molar-refractivity contribution in [1.29, 1.82) is 0 Å². The summed E-state index contributed by atoms with van der Waals surface area (Å²) in [7, 11) is 0. The van der Waals surface area contributed by atoms with Crippen LogP contribution in [0.5, 0.6) is 0 Å². The number of carbonyl (C=O) groups excluding carboxylic acids is 1. The van der Waals surface area contributed by atoms with Gasteiger partial charge in [-0.3, -0.25) is 9.36 Å². The molecule has 3 rings (SSSR count). The molecule has 1 aromatic heterocycles. The third kappa shape index (κ3) is 4.08. The first-order chi connectivity index (χ1) is 12.5. The number of amides is 1. The number of nitrogens with zero attached hydrogens (tertiary/aromatic N) is 3. The van der Waals surface area contributed by atoms with Gasteiger partial charge in [-0.25, -0.2) is 0 Å². The van der Waals surface area contributed by atoms with Crippen LogP contribution in [0.2, 0.25) is 5.02 Å². The van der Waals surface area contributed by atoms with Crippen LogP contribution in [-0.4, -0.2) is 26.4 Å². The Morgan fingerprint density at radius 2 is 1.88 bits per heavy atom. The molecule has 1 heterocycles. The van der Waals surface area contributed by atoms with Gasteiger partial charge in [-0.2, -0.15) is 0 Å². The number of anilines is 1. The van der Waals surface area contributed by atoms with E-state index in [1.165, 1.54) is 22.9 Å². The number of hydrogen-bond acceptors (Lipinski definition) is 4. The Hall–Kier alpha value is -2.31. The smallest absolute Gasteiger partial charge is 0.234 e. The van der Waals surface area contributed by atoms with Crippen molar-refractivity contribution >= 4 is 35.0 Å². The third-order valence-corrected chi connectivity index (χ3v) is 5.28. The summed E-state index contributed by atoms with van der Waals surface area (Å²) in [4.78, 5) is 12.2. The fraction of sp³-hybridized carbons (Fsp3) is 0.211. The number of carbonyl (C=O) groups is 1. The average molecular weight is 387 g/mol. The third-order valence-electron chi connectivity index (χ3n) is 4.02. The van der Waals surface area contributed by atoms with Crippen molar-refractivity contribution in [3.8, 4) is 5.69 Å². The van der Waals surface area contributed by atoms with E-state index in [0.717, 1.165) is 11.5 Å². The van der Waals surface area contributed by atoms with E-state index in [4.69, 9.17) is 11.6 Å². The van der Waals surface area contributed by atoms with Gasteiger partial charge in [-0.05, 0) is 56.2 Å².